The first-order chi connectivity index (χ1) is 9.53. The highest BCUT2D eigenvalue weighted by atomic mass is 32.2. The van der Waals surface area contributed by atoms with Crippen LogP contribution in [0.2, 0.25) is 0 Å². The number of rotatable bonds is 2. The number of fused-ring (bicyclic) bond motifs is 1. The minimum atomic E-state index is -3.17. The van der Waals surface area contributed by atoms with Crippen LogP contribution < -0.4 is 5.32 Å². The van der Waals surface area contributed by atoms with Crippen molar-refractivity contribution in [1.29, 1.82) is 0 Å². The number of aromatic nitrogens is 1. The second-order valence-electron chi connectivity index (χ2n) is 4.65. The molecule has 0 spiro atoms. The van der Waals surface area contributed by atoms with Crippen molar-refractivity contribution in [2.24, 2.45) is 0 Å². The molecule has 3 rings (SSSR count). The number of carbonyl (C=O) groups is 1. The van der Waals surface area contributed by atoms with E-state index in [0.29, 0.717) is 5.56 Å². The Kier molecular flexibility index (Phi) is 3.02. The van der Waals surface area contributed by atoms with Gasteiger partial charge in [-0.3, -0.25) is 9.78 Å². The average molecular weight is 288 g/mol. The molecule has 1 aromatic heterocycles. The maximum absolute atomic E-state index is 12.1. The Morgan fingerprint density at radius 2 is 2.10 bits per heavy atom. The molecule has 1 aromatic carbocycles. The number of benzene rings is 1. The van der Waals surface area contributed by atoms with Gasteiger partial charge in [0.25, 0.3) is 5.91 Å². The molecule has 5 nitrogen and oxygen atoms in total. The minimum absolute atomic E-state index is 0.0836. The van der Waals surface area contributed by atoms with Crippen molar-refractivity contribution >= 4 is 26.6 Å². The average Bonchev–Trinajstić information content (AvgIpc) is 2.77. The van der Waals surface area contributed by atoms with Gasteiger partial charge in [0.1, 0.15) is 0 Å². The minimum Gasteiger partial charge on any atom is -0.345 e. The number of amides is 1. The number of sulfone groups is 1. The first-order valence-corrected chi connectivity index (χ1v) is 7.82. The Hall–Kier alpha value is -2.21. The third-order valence-electron chi connectivity index (χ3n) is 3.10. The second kappa shape index (κ2) is 4.72. The second-order valence-corrected chi connectivity index (χ2v) is 6.59. The smallest absolute Gasteiger partial charge is 0.253 e. The SMILES string of the molecule is O=C(N[C@H]1C=CS(=O)(=O)C1)c1cnc2ccccc2c1. The molecule has 1 N–H and O–H groups in total. The summed E-state index contributed by atoms with van der Waals surface area (Å²) in [6.07, 6.45) is 2.98. The summed E-state index contributed by atoms with van der Waals surface area (Å²) in [6, 6.07) is 8.76. The number of hydrogen-bond donors (Lipinski definition) is 1. The van der Waals surface area contributed by atoms with Crippen LogP contribution in [0.1, 0.15) is 10.4 Å². The third-order valence-corrected chi connectivity index (χ3v) is 4.49. The van der Waals surface area contributed by atoms with E-state index in [4.69, 9.17) is 0 Å². The van der Waals surface area contributed by atoms with E-state index in [9.17, 15) is 13.2 Å². The highest BCUT2D eigenvalue weighted by Crippen LogP contribution is 2.14. The molecule has 6 heteroatoms. The number of para-hydroxylation sites is 1. The Balaban J connectivity index is 1.81. The fourth-order valence-corrected chi connectivity index (χ4v) is 3.35. The number of pyridine rings is 1. The highest BCUT2D eigenvalue weighted by molar-refractivity contribution is 7.94. The lowest BCUT2D eigenvalue weighted by atomic mass is 10.1. The predicted molar refractivity (Wildman–Crippen MR) is 75.9 cm³/mol. The van der Waals surface area contributed by atoms with Crippen molar-refractivity contribution in [3.63, 3.8) is 0 Å². The van der Waals surface area contributed by atoms with Gasteiger partial charge in [0, 0.05) is 17.0 Å². The molecule has 2 aromatic rings. The van der Waals surface area contributed by atoms with Crippen LogP contribution in [0.5, 0.6) is 0 Å². The summed E-state index contributed by atoms with van der Waals surface area (Å²) in [5.41, 5.74) is 1.23. The summed E-state index contributed by atoms with van der Waals surface area (Å²) in [4.78, 5) is 16.3. The Morgan fingerprint density at radius 3 is 2.85 bits per heavy atom. The van der Waals surface area contributed by atoms with Crippen molar-refractivity contribution in [2.75, 3.05) is 5.75 Å². The number of carbonyl (C=O) groups excluding carboxylic acids is 1. The van der Waals surface area contributed by atoms with Crippen LogP contribution in [-0.2, 0) is 9.84 Å². The highest BCUT2D eigenvalue weighted by Gasteiger charge is 2.23. The van der Waals surface area contributed by atoms with Crippen LogP contribution in [0.25, 0.3) is 10.9 Å². The monoisotopic (exact) mass is 288 g/mol. The summed E-state index contributed by atoms with van der Waals surface area (Å²) >= 11 is 0. The summed E-state index contributed by atoms with van der Waals surface area (Å²) in [7, 11) is -3.17. The van der Waals surface area contributed by atoms with Crippen LogP contribution in [0.15, 0.2) is 48.0 Å². The van der Waals surface area contributed by atoms with Gasteiger partial charge in [0.15, 0.2) is 9.84 Å². The van der Waals surface area contributed by atoms with E-state index >= 15 is 0 Å². The van der Waals surface area contributed by atoms with Crippen molar-refractivity contribution in [2.45, 2.75) is 6.04 Å². The van der Waals surface area contributed by atoms with E-state index < -0.39 is 15.9 Å². The number of nitrogens with one attached hydrogen (secondary N) is 1. The molecule has 0 saturated heterocycles. The van der Waals surface area contributed by atoms with Crippen molar-refractivity contribution in [1.82, 2.24) is 10.3 Å². The van der Waals surface area contributed by atoms with Crippen molar-refractivity contribution in [3.05, 3.63) is 53.6 Å². The Morgan fingerprint density at radius 1 is 1.30 bits per heavy atom. The van der Waals surface area contributed by atoms with E-state index in [1.165, 1.54) is 12.3 Å². The molecule has 1 amide bonds. The van der Waals surface area contributed by atoms with Crippen molar-refractivity contribution in [3.8, 4) is 0 Å². The van der Waals surface area contributed by atoms with Gasteiger partial charge in [0.05, 0.1) is 22.9 Å². The lowest BCUT2D eigenvalue weighted by Crippen LogP contribution is -2.35. The van der Waals surface area contributed by atoms with Gasteiger partial charge in [-0.05, 0) is 18.2 Å². The van der Waals surface area contributed by atoms with Crippen LogP contribution in [0.4, 0.5) is 0 Å². The predicted octanol–water partition coefficient (Wildman–Crippen LogP) is 1.28. The summed E-state index contributed by atoms with van der Waals surface area (Å²) < 4.78 is 22.6. The van der Waals surface area contributed by atoms with E-state index in [1.54, 1.807) is 6.07 Å². The molecular weight excluding hydrogens is 276 g/mol. The first-order valence-electron chi connectivity index (χ1n) is 6.10. The van der Waals surface area contributed by atoms with Gasteiger partial charge in [-0.2, -0.15) is 0 Å². The lowest BCUT2D eigenvalue weighted by Gasteiger charge is -2.10. The summed E-state index contributed by atoms with van der Waals surface area (Å²) in [5, 5.41) is 4.68. The van der Waals surface area contributed by atoms with E-state index in [1.807, 2.05) is 24.3 Å². The molecule has 0 unspecified atom stereocenters. The Bertz CT molecular complexity index is 812. The molecule has 2 heterocycles. The molecule has 1 atom stereocenters. The van der Waals surface area contributed by atoms with E-state index in [0.717, 1.165) is 16.3 Å². The summed E-state index contributed by atoms with van der Waals surface area (Å²) in [5.74, 6) is -0.408. The van der Waals surface area contributed by atoms with Crippen molar-refractivity contribution < 1.29 is 13.2 Å². The zero-order chi connectivity index (χ0) is 14.2. The molecule has 20 heavy (non-hydrogen) atoms. The third kappa shape index (κ3) is 2.55. The fourth-order valence-electron chi connectivity index (χ4n) is 2.11. The number of hydrogen-bond acceptors (Lipinski definition) is 4. The van der Waals surface area contributed by atoms with Crippen LogP contribution in [0.3, 0.4) is 0 Å². The molecular formula is C14H12N2O3S. The van der Waals surface area contributed by atoms with Gasteiger partial charge in [-0.25, -0.2) is 8.42 Å². The van der Waals surface area contributed by atoms with E-state index in [-0.39, 0.29) is 11.7 Å². The normalized spacial score (nSPS) is 20.1. The maximum Gasteiger partial charge on any atom is 0.253 e. The molecule has 1 aliphatic rings. The molecule has 0 aliphatic carbocycles. The fraction of sp³-hybridized carbons (Fsp3) is 0.143. The molecule has 102 valence electrons. The lowest BCUT2D eigenvalue weighted by molar-refractivity contribution is 0.0947. The van der Waals surface area contributed by atoms with Gasteiger partial charge in [0.2, 0.25) is 0 Å². The zero-order valence-electron chi connectivity index (χ0n) is 10.5. The molecule has 0 saturated carbocycles. The Labute approximate surface area is 116 Å². The largest absolute Gasteiger partial charge is 0.345 e. The van der Waals surface area contributed by atoms with Crippen LogP contribution in [-0.4, -0.2) is 31.1 Å². The topological polar surface area (TPSA) is 76.1 Å². The van der Waals surface area contributed by atoms with Crippen LogP contribution >= 0.6 is 0 Å². The van der Waals surface area contributed by atoms with Gasteiger partial charge in [-0.1, -0.05) is 18.2 Å². The van der Waals surface area contributed by atoms with Crippen LogP contribution in [0, 0.1) is 0 Å². The van der Waals surface area contributed by atoms with Gasteiger partial charge < -0.3 is 5.32 Å². The molecule has 0 radical (unpaired) electrons. The van der Waals surface area contributed by atoms with Gasteiger partial charge in [-0.15, -0.1) is 0 Å². The molecule has 1 aliphatic heterocycles. The number of nitrogens with zero attached hydrogens (tertiary/aromatic N) is 1. The first kappa shape index (κ1) is 12.8. The standard InChI is InChI=1S/C14H12N2O3S/c17-14(16-12-5-6-20(18,19)9-12)11-7-10-3-1-2-4-13(10)15-8-11/h1-8,12H,9H2,(H,16,17)/t12-/m0/s1. The summed E-state index contributed by atoms with van der Waals surface area (Å²) in [6.45, 7) is 0. The maximum atomic E-state index is 12.1. The van der Waals surface area contributed by atoms with E-state index in [2.05, 4.69) is 10.3 Å². The molecule has 0 bridgehead atoms. The zero-order valence-corrected chi connectivity index (χ0v) is 11.3. The van der Waals surface area contributed by atoms with Gasteiger partial charge >= 0.3 is 0 Å². The molecule has 0 fully saturated rings. The quantitative estimate of drug-likeness (QED) is 0.903.